The molecule has 3 nitrogen and oxygen atoms in total. The Morgan fingerprint density at radius 2 is 2.22 bits per heavy atom. The van der Waals surface area contributed by atoms with Crippen LogP contribution in [0.15, 0.2) is 18.2 Å². The first-order valence-electron chi connectivity index (χ1n) is 6.52. The quantitative estimate of drug-likeness (QED) is 0.903. The molecular weight excluding hydrogens is 229 g/mol. The minimum Gasteiger partial charge on any atom is -0.325 e. The lowest BCUT2D eigenvalue weighted by Gasteiger charge is -2.27. The van der Waals surface area contributed by atoms with E-state index in [0.717, 1.165) is 36.4 Å². The molecule has 1 fully saturated rings. The van der Waals surface area contributed by atoms with E-state index in [4.69, 9.17) is 0 Å². The number of hydrogen-bond donors (Lipinski definition) is 1. The van der Waals surface area contributed by atoms with Crippen LogP contribution in [0.2, 0.25) is 0 Å². The van der Waals surface area contributed by atoms with E-state index in [1.807, 2.05) is 6.07 Å². The van der Waals surface area contributed by atoms with E-state index in [1.165, 1.54) is 12.1 Å². The molecule has 0 spiro atoms. The molecule has 1 aliphatic rings. The van der Waals surface area contributed by atoms with E-state index in [1.54, 1.807) is 0 Å². The Labute approximate surface area is 106 Å². The van der Waals surface area contributed by atoms with Crippen molar-refractivity contribution in [2.45, 2.75) is 26.3 Å². The van der Waals surface area contributed by atoms with Gasteiger partial charge in [0.15, 0.2) is 0 Å². The second-order valence-corrected chi connectivity index (χ2v) is 5.35. The molecule has 1 aromatic heterocycles. The normalized spacial score (nSPS) is 16.4. The number of nitrogens with one attached hydrogen (secondary N) is 1. The molecule has 0 radical (unpaired) electrons. The lowest BCUT2D eigenvalue weighted by Crippen LogP contribution is -2.43. The Bertz CT molecular complexity index is 570. The molecule has 96 valence electrons. The van der Waals surface area contributed by atoms with E-state index in [-0.39, 0.29) is 5.82 Å². The zero-order chi connectivity index (χ0) is 12.7. The average molecular weight is 247 g/mol. The maximum Gasteiger partial charge on any atom is 0.125 e. The summed E-state index contributed by atoms with van der Waals surface area (Å²) in [5.74, 6) is 1.54. The van der Waals surface area contributed by atoms with Crippen LogP contribution in [0.25, 0.3) is 11.0 Å². The van der Waals surface area contributed by atoms with Crippen LogP contribution in [0.4, 0.5) is 4.39 Å². The summed E-state index contributed by atoms with van der Waals surface area (Å²) < 4.78 is 15.5. The van der Waals surface area contributed by atoms with Crippen LogP contribution in [0.3, 0.4) is 0 Å². The average Bonchev–Trinajstić information content (AvgIpc) is 2.60. The topological polar surface area (TPSA) is 29.9 Å². The van der Waals surface area contributed by atoms with E-state index in [2.05, 4.69) is 28.7 Å². The van der Waals surface area contributed by atoms with E-state index in [0.29, 0.717) is 12.0 Å². The van der Waals surface area contributed by atoms with Crippen LogP contribution in [0.1, 0.15) is 25.7 Å². The number of aromatic nitrogens is 2. The van der Waals surface area contributed by atoms with Gasteiger partial charge in [-0.1, -0.05) is 0 Å². The van der Waals surface area contributed by atoms with Gasteiger partial charge in [0.2, 0.25) is 0 Å². The fraction of sp³-hybridized carbons (Fsp3) is 0.500. The first-order chi connectivity index (χ1) is 8.65. The molecule has 0 unspecified atom stereocenters. The van der Waals surface area contributed by atoms with Crippen LogP contribution >= 0.6 is 0 Å². The SMILES string of the molecule is CC(C)n1c(CC2CNC2)nc2cc(F)ccc21. The number of fused-ring (bicyclic) bond motifs is 1. The maximum atomic E-state index is 13.3. The monoisotopic (exact) mass is 247 g/mol. The van der Waals surface area contributed by atoms with Crippen molar-refractivity contribution >= 4 is 11.0 Å². The Balaban J connectivity index is 2.07. The van der Waals surface area contributed by atoms with Crippen molar-refractivity contribution in [2.24, 2.45) is 5.92 Å². The van der Waals surface area contributed by atoms with Crippen LogP contribution in [-0.4, -0.2) is 22.6 Å². The lowest BCUT2D eigenvalue weighted by molar-refractivity contribution is 0.335. The highest BCUT2D eigenvalue weighted by Crippen LogP contribution is 2.24. The van der Waals surface area contributed by atoms with Crippen molar-refractivity contribution in [3.05, 3.63) is 29.8 Å². The number of nitrogens with zero attached hydrogens (tertiary/aromatic N) is 2. The van der Waals surface area contributed by atoms with Crippen LogP contribution < -0.4 is 5.32 Å². The van der Waals surface area contributed by atoms with Crippen LogP contribution in [-0.2, 0) is 6.42 Å². The fourth-order valence-electron chi connectivity index (χ4n) is 2.59. The predicted molar refractivity (Wildman–Crippen MR) is 70.1 cm³/mol. The highest BCUT2D eigenvalue weighted by Gasteiger charge is 2.22. The molecule has 1 aromatic carbocycles. The smallest absolute Gasteiger partial charge is 0.125 e. The molecule has 3 rings (SSSR count). The van der Waals surface area contributed by atoms with Gasteiger partial charge in [0.25, 0.3) is 0 Å². The van der Waals surface area contributed by atoms with Gasteiger partial charge < -0.3 is 9.88 Å². The summed E-state index contributed by atoms with van der Waals surface area (Å²) in [6.45, 7) is 6.42. The van der Waals surface area contributed by atoms with Crippen molar-refractivity contribution in [2.75, 3.05) is 13.1 Å². The van der Waals surface area contributed by atoms with Crippen molar-refractivity contribution in [1.82, 2.24) is 14.9 Å². The molecule has 0 amide bonds. The number of benzene rings is 1. The summed E-state index contributed by atoms with van der Waals surface area (Å²) in [7, 11) is 0. The van der Waals surface area contributed by atoms with Crippen molar-refractivity contribution in [1.29, 1.82) is 0 Å². The molecule has 0 saturated carbocycles. The summed E-state index contributed by atoms with van der Waals surface area (Å²) >= 11 is 0. The van der Waals surface area contributed by atoms with Crippen LogP contribution in [0, 0.1) is 11.7 Å². The molecule has 1 N–H and O–H groups in total. The van der Waals surface area contributed by atoms with Gasteiger partial charge in [-0.3, -0.25) is 0 Å². The van der Waals surface area contributed by atoms with Gasteiger partial charge in [0.05, 0.1) is 11.0 Å². The van der Waals surface area contributed by atoms with Gasteiger partial charge in [-0.25, -0.2) is 9.37 Å². The molecule has 1 aliphatic heterocycles. The third-order valence-electron chi connectivity index (χ3n) is 3.58. The van der Waals surface area contributed by atoms with Crippen molar-refractivity contribution < 1.29 is 4.39 Å². The largest absolute Gasteiger partial charge is 0.325 e. The third-order valence-corrected chi connectivity index (χ3v) is 3.58. The molecule has 2 aromatic rings. The van der Waals surface area contributed by atoms with Gasteiger partial charge in [-0.05, 0) is 45.0 Å². The lowest BCUT2D eigenvalue weighted by atomic mass is 9.99. The number of hydrogen-bond acceptors (Lipinski definition) is 2. The predicted octanol–water partition coefficient (Wildman–Crippen LogP) is 2.52. The third kappa shape index (κ3) is 1.90. The Kier molecular flexibility index (Phi) is 2.82. The van der Waals surface area contributed by atoms with E-state index in [9.17, 15) is 4.39 Å². The van der Waals surface area contributed by atoms with Crippen molar-refractivity contribution in [3.63, 3.8) is 0 Å². The Morgan fingerprint density at radius 1 is 1.44 bits per heavy atom. The zero-order valence-electron chi connectivity index (χ0n) is 10.8. The standard InChI is InChI=1S/C14H18FN3/c1-9(2)18-13-4-3-11(15)6-12(13)17-14(18)5-10-7-16-8-10/h3-4,6,9-10,16H,5,7-8H2,1-2H3. The Hall–Kier alpha value is -1.42. The number of imidazole rings is 1. The zero-order valence-corrected chi connectivity index (χ0v) is 10.8. The van der Waals surface area contributed by atoms with Gasteiger partial charge in [0, 0.05) is 18.5 Å². The molecule has 4 heteroatoms. The maximum absolute atomic E-state index is 13.3. The number of rotatable bonds is 3. The molecule has 0 aliphatic carbocycles. The van der Waals surface area contributed by atoms with E-state index >= 15 is 0 Å². The first kappa shape index (κ1) is 11.7. The van der Waals surface area contributed by atoms with Gasteiger partial charge in [-0.15, -0.1) is 0 Å². The summed E-state index contributed by atoms with van der Waals surface area (Å²) in [6.07, 6.45) is 0.974. The highest BCUT2D eigenvalue weighted by atomic mass is 19.1. The summed E-state index contributed by atoms with van der Waals surface area (Å²) in [6, 6.07) is 5.22. The molecule has 2 heterocycles. The van der Waals surface area contributed by atoms with Crippen LogP contribution in [0.5, 0.6) is 0 Å². The second kappa shape index (κ2) is 4.35. The molecule has 0 atom stereocenters. The van der Waals surface area contributed by atoms with E-state index < -0.39 is 0 Å². The Morgan fingerprint density at radius 3 is 2.83 bits per heavy atom. The van der Waals surface area contributed by atoms with Gasteiger partial charge in [-0.2, -0.15) is 0 Å². The molecule has 0 bridgehead atoms. The molecular formula is C14H18FN3. The summed E-state index contributed by atoms with van der Waals surface area (Å²) in [5.41, 5.74) is 1.81. The molecule has 1 saturated heterocycles. The first-order valence-corrected chi connectivity index (χ1v) is 6.52. The minimum atomic E-state index is -0.215. The highest BCUT2D eigenvalue weighted by molar-refractivity contribution is 5.76. The minimum absolute atomic E-state index is 0.215. The number of halogens is 1. The van der Waals surface area contributed by atoms with Crippen molar-refractivity contribution in [3.8, 4) is 0 Å². The molecule has 18 heavy (non-hydrogen) atoms. The fourth-order valence-corrected chi connectivity index (χ4v) is 2.59. The van der Waals surface area contributed by atoms with Gasteiger partial charge >= 0.3 is 0 Å². The summed E-state index contributed by atoms with van der Waals surface area (Å²) in [5, 5.41) is 3.28. The summed E-state index contributed by atoms with van der Waals surface area (Å²) in [4.78, 5) is 4.61. The van der Waals surface area contributed by atoms with Gasteiger partial charge in [0.1, 0.15) is 11.6 Å². The second-order valence-electron chi connectivity index (χ2n) is 5.35.